The Morgan fingerprint density at radius 2 is 1.61 bits per heavy atom. The molecule has 5 nitrogen and oxygen atoms in total. The third kappa shape index (κ3) is 3.40. The molecule has 0 fully saturated rings. The van der Waals surface area contributed by atoms with Gasteiger partial charge in [0, 0.05) is 0 Å². The Labute approximate surface area is 132 Å². The average Bonchev–Trinajstić information content (AvgIpc) is 2.54. The summed E-state index contributed by atoms with van der Waals surface area (Å²) in [5.41, 5.74) is 0. The van der Waals surface area contributed by atoms with E-state index in [1.165, 1.54) is 0 Å². The standard InChI is InChI=1S/C18H14O5/c19-17(20)9-10-22-18(21)23-14-8-7-13-6-5-12-3-1-2-4-15(12)16(13)11-14/h1-8,11H,9-10H2,(H,19,20). The highest BCUT2D eigenvalue weighted by molar-refractivity contribution is 6.07. The number of rotatable bonds is 4. The van der Waals surface area contributed by atoms with Gasteiger partial charge in [0.15, 0.2) is 0 Å². The molecule has 0 spiro atoms. The molecule has 0 aliphatic carbocycles. The molecular formula is C18H14O5. The lowest BCUT2D eigenvalue weighted by Crippen LogP contribution is -2.13. The molecule has 23 heavy (non-hydrogen) atoms. The van der Waals surface area contributed by atoms with E-state index in [0.29, 0.717) is 5.75 Å². The number of carboxylic acids is 1. The smallest absolute Gasteiger partial charge is 0.481 e. The number of carbonyl (C=O) groups is 2. The number of aliphatic carboxylic acids is 1. The summed E-state index contributed by atoms with van der Waals surface area (Å²) in [7, 11) is 0. The van der Waals surface area contributed by atoms with Gasteiger partial charge in [-0.25, -0.2) is 4.79 Å². The molecular weight excluding hydrogens is 296 g/mol. The van der Waals surface area contributed by atoms with Crippen LogP contribution in [-0.2, 0) is 9.53 Å². The van der Waals surface area contributed by atoms with Crippen molar-refractivity contribution in [2.24, 2.45) is 0 Å². The summed E-state index contributed by atoms with van der Waals surface area (Å²) in [6.45, 7) is -0.218. The van der Waals surface area contributed by atoms with E-state index >= 15 is 0 Å². The van der Waals surface area contributed by atoms with Crippen molar-refractivity contribution in [3.8, 4) is 5.75 Å². The lowest BCUT2D eigenvalue weighted by molar-refractivity contribution is -0.137. The van der Waals surface area contributed by atoms with Gasteiger partial charge in [-0.3, -0.25) is 4.79 Å². The van der Waals surface area contributed by atoms with E-state index in [1.807, 2.05) is 42.5 Å². The van der Waals surface area contributed by atoms with Crippen LogP contribution in [-0.4, -0.2) is 23.8 Å². The van der Waals surface area contributed by atoms with E-state index in [4.69, 9.17) is 14.6 Å². The lowest BCUT2D eigenvalue weighted by atomic mass is 10.0. The highest BCUT2D eigenvalue weighted by Gasteiger charge is 2.09. The minimum atomic E-state index is -1.03. The fourth-order valence-corrected chi connectivity index (χ4v) is 2.39. The van der Waals surface area contributed by atoms with Crippen molar-refractivity contribution in [3.05, 3.63) is 54.6 Å². The van der Waals surface area contributed by atoms with E-state index < -0.39 is 12.1 Å². The Morgan fingerprint density at radius 3 is 2.39 bits per heavy atom. The van der Waals surface area contributed by atoms with Crippen molar-refractivity contribution in [2.45, 2.75) is 6.42 Å². The van der Waals surface area contributed by atoms with Gasteiger partial charge < -0.3 is 14.6 Å². The molecule has 3 rings (SSSR count). The summed E-state index contributed by atoms with van der Waals surface area (Å²) in [6.07, 6.45) is -1.16. The maximum atomic E-state index is 11.6. The fraction of sp³-hybridized carbons (Fsp3) is 0.111. The Hall–Kier alpha value is -3.08. The number of carboxylic acid groups (broad SMARTS) is 1. The Bertz CT molecular complexity index is 885. The van der Waals surface area contributed by atoms with Gasteiger partial charge in [-0.1, -0.05) is 42.5 Å². The first kappa shape index (κ1) is 14.8. The lowest BCUT2D eigenvalue weighted by Gasteiger charge is -2.08. The molecule has 0 heterocycles. The van der Waals surface area contributed by atoms with E-state index in [2.05, 4.69) is 0 Å². The molecule has 0 aromatic heterocycles. The van der Waals surface area contributed by atoms with Crippen LogP contribution in [0.15, 0.2) is 54.6 Å². The quantitative estimate of drug-likeness (QED) is 0.448. The summed E-state index contributed by atoms with van der Waals surface area (Å²) in [4.78, 5) is 21.9. The number of ether oxygens (including phenoxy) is 2. The first-order chi connectivity index (χ1) is 11.1. The first-order valence-electron chi connectivity index (χ1n) is 7.11. The molecule has 0 amide bonds. The molecule has 0 radical (unpaired) electrons. The SMILES string of the molecule is O=C(O)CCOC(=O)Oc1ccc2ccc3ccccc3c2c1. The second-order valence-electron chi connectivity index (χ2n) is 5.01. The molecule has 0 saturated carbocycles. The molecule has 0 bridgehead atoms. The number of hydrogen-bond donors (Lipinski definition) is 1. The second-order valence-corrected chi connectivity index (χ2v) is 5.01. The molecule has 0 aliphatic rings. The predicted octanol–water partition coefficient (Wildman–Crippen LogP) is 3.98. The summed E-state index contributed by atoms with van der Waals surface area (Å²) >= 11 is 0. The minimum absolute atomic E-state index is 0.218. The van der Waals surface area contributed by atoms with Crippen molar-refractivity contribution in [3.63, 3.8) is 0 Å². The second kappa shape index (κ2) is 6.36. The van der Waals surface area contributed by atoms with E-state index in [0.717, 1.165) is 21.5 Å². The van der Waals surface area contributed by atoms with Crippen LogP contribution in [0.5, 0.6) is 5.75 Å². The predicted molar refractivity (Wildman–Crippen MR) is 85.7 cm³/mol. The van der Waals surface area contributed by atoms with E-state index in [1.54, 1.807) is 12.1 Å². The van der Waals surface area contributed by atoms with Crippen molar-refractivity contribution in [1.82, 2.24) is 0 Å². The zero-order valence-corrected chi connectivity index (χ0v) is 12.2. The molecule has 0 atom stereocenters. The van der Waals surface area contributed by atoms with Crippen molar-refractivity contribution >= 4 is 33.7 Å². The van der Waals surface area contributed by atoms with Crippen molar-refractivity contribution in [1.29, 1.82) is 0 Å². The molecule has 3 aromatic carbocycles. The summed E-state index contributed by atoms with van der Waals surface area (Å²) in [5.74, 6) is -0.677. The first-order valence-corrected chi connectivity index (χ1v) is 7.11. The van der Waals surface area contributed by atoms with Crippen LogP contribution >= 0.6 is 0 Å². The summed E-state index contributed by atoms with van der Waals surface area (Å²) < 4.78 is 9.81. The van der Waals surface area contributed by atoms with Crippen LogP contribution in [0.25, 0.3) is 21.5 Å². The van der Waals surface area contributed by atoms with Gasteiger partial charge in [-0.05, 0) is 33.7 Å². The number of hydrogen-bond acceptors (Lipinski definition) is 4. The van der Waals surface area contributed by atoms with Gasteiger partial charge in [0.2, 0.25) is 0 Å². The normalized spacial score (nSPS) is 10.6. The largest absolute Gasteiger partial charge is 0.513 e. The Morgan fingerprint density at radius 1 is 0.913 bits per heavy atom. The molecule has 116 valence electrons. The summed E-state index contributed by atoms with van der Waals surface area (Å²) in [6, 6.07) is 17.3. The number of fused-ring (bicyclic) bond motifs is 3. The van der Waals surface area contributed by atoms with Gasteiger partial charge in [0.25, 0.3) is 0 Å². The van der Waals surface area contributed by atoms with Crippen LogP contribution in [0.4, 0.5) is 4.79 Å². The number of carbonyl (C=O) groups excluding carboxylic acids is 1. The topological polar surface area (TPSA) is 72.8 Å². The highest BCUT2D eigenvalue weighted by Crippen LogP contribution is 2.28. The average molecular weight is 310 g/mol. The van der Waals surface area contributed by atoms with Gasteiger partial charge in [0.05, 0.1) is 6.42 Å². The molecule has 3 aromatic rings. The van der Waals surface area contributed by atoms with E-state index in [-0.39, 0.29) is 13.0 Å². The molecule has 0 saturated heterocycles. The van der Waals surface area contributed by atoms with Crippen LogP contribution in [0.1, 0.15) is 6.42 Å². The third-order valence-corrected chi connectivity index (χ3v) is 3.46. The summed E-state index contributed by atoms with van der Waals surface area (Å²) in [5, 5.41) is 12.7. The van der Waals surface area contributed by atoms with Gasteiger partial charge >= 0.3 is 12.1 Å². The maximum Gasteiger partial charge on any atom is 0.513 e. The maximum absolute atomic E-state index is 11.6. The van der Waals surface area contributed by atoms with E-state index in [9.17, 15) is 9.59 Å². The highest BCUT2D eigenvalue weighted by atomic mass is 16.7. The molecule has 5 heteroatoms. The van der Waals surface area contributed by atoms with Crippen LogP contribution < -0.4 is 4.74 Å². The number of benzene rings is 3. The Balaban J connectivity index is 1.83. The molecule has 0 aliphatic heterocycles. The third-order valence-electron chi connectivity index (χ3n) is 3.46. The van der Waals surface area contributed by atoms with Crippen LogP contribution in [0.3, 0.4) is 0 Å². The zero-order valence-electron chi connectivity index (χ0n) is 12.2. The van der Waals surface area contributed by atoms with Crippen LogP contribution in [0, 0.1) is 0 Å². The Kier molecular flexibility index (Phi) is 4.10. The fourth-order valence-electron chi connectivity index (χ4n) is 2.39. The van der Waals surface area contributed by atoms with Gasteiger partial charge in [0.1, 0.15) is 12.4 Å². The monoisotopic (exact) mass is 310 g/mol. The molecule has 0 unspecified atom stereocenters. The van der Waals surface area contributed by atoms with Gasteiger partial charge in [-0.2, -0.15) is 0 Å². The zero-order chi connectivity index (χ0) is 16.2. The van der Waals surface area contributed by atoms with Crippen molar-refractivity contribution in [2.75, 3.05) is 6.61 Å². The van der Waals surface area contributed by atoms with Crippen LogP contribution in [0.2, 0.25) is 0 Å². The molecule has 1 N–H and O–H groups in total. The van der Waals surface area contributed by atoms with Crippen molar-refractivity contribution < 1.29 is 24.2 Å². The van der Waals surface area contributed by atoms with Gasteiger partial charge in [-0.15, -0.1) is 0 Å². The minimum Gasteiger partial charge on any atom is -0.481 e.